The van der Waals surface area contributed by atoms with Crippen LogP contribution in [-0.2, 0) is 9.53 Å². The van der Waals surface area contributed by atoms with Crippen LogP contribution in [0.2, 0.25) is 0 Å². The number of alkyl halides is 3. The second kappa shape index (κ2) is 6.14. The molecule has 6 heteroatoms. The molecule has 23 heavy (non-hydrogen) atoms. The molecular formula is C17H27Br2ClO3. The van der Waals surface area contributed by atoms with Gasteiger partial charge < -0.3 is 9.84 Å². The monoisotopic (exact) mass is 472 g/mol. The van der Waals surface area contributed by atoms with E-state index < -0.39 is 22.0 Å². The lowest BCUT2D eigenvalue weighted by molar-refractivity contribution is -0.238. The molecule has 2 aliphatic rings. The quantitative estimate of drug-likeness (QED) is 0.439. The number of hydrogen-bond donors (Lipinski definition) is 1. The summed E-state index contributed by atoms with van der Waals surface area (Å²) >= 11 is 14.2. The highest BCUT2D eigenvalue weighted by Gasteiger charge is 2.69. The van der Waals surface area contributed by atoms with E-state index in [-0.39, 0.29) is 21.0 Å². The first kappa shape index (κ1) is 20.0. The summed E-state index contributed by atoms with van der Waals surface area (Å²) in [7, 11) is 0. The normalized spacial score (nSPS) is 49.9. The fourth-order valence-corrected chi connectivity index (χ4v) is 6.40. The molecule has 0 radical (unpaired) electrons. The zero-order chi connectivity index (χ0) is 17.8. The van der Waals surface area contributed by atoms with Crippen molar-refractivity contribution in [1.82, 2.24) is 0 Å². The van der Waals surface area contributed by atoms with Crippen LogP contribution in [0, 0.1) is 10.8 Å². The number of esters is 1. The highest BCUT2D eigenvalue weighted by molar-refractivity contribution is 9.09. The molecule has 2 rings (SSSR count). The van der Waals surface area contributed by atoms with Gasteiger partial charge in [-0.3, -0.25) is 4.79 Å². The van der Waals surface area contributed by atoms with Crippen LogP contribution in [0.4, 0.5) is 0 Å². The van der Waals surface area contributed by atoms with Crippen LogP contribution in [-0.4, -0.2) is 37.3 Å². The van der Waals surface area contributed by atoms with Gasteiger partial charge in [-0.2, -0.15) is 0 Å². The minimum absolute atomic E-state index is 0.0343. The van der Waals surface area contributed by atoms with Gasteiger partial charge >= 0.3 is 5.97 Å². The number of halogens is 3. The number of aliphatic hydroxyl groups is 1. The van der Waals surface area contributed by atoms with Crippen molar-refractivity contribution in [1.29, 1.82) is 0 Å². The minimum Gasteiger partial charge on any atom is -0.462 e. The lowest BCUT2D eigenvalue weighted by Crippen LogP contribution is -2.71. The van der Waals surface area contributed by atoms with Crippen molar-refractivity contribution in [2.45, 2.75) is 86.5 Å². The molecule has 1 N–H and O–H groups in total. The molecule has 1 spiro atoms. The van der Waals surface area contributed by atoms with Crippen molar-refractivity contribution < 1.29 is 14.6 Å². The van der Waals surface area contributed by atoms with Gasteiger partial charge in [-0.25, -0.2) is 0 Å². The Hall–Kier alpha value is 0.680. The average molecular weight is 475 g/mol. The number of carbonyl (C=O) groups excluding carboxylic acids is 1. The van der Waals surface area contributed by atoms with Gasteiger partial charge in [0.2, 0.25) is 0 Å². The highest BCUT2D eigenvalue weighted by atomic mass is 79.9. The average Bonchev–Trinajstić information content (AvgIpc) is 2.37. The summed E-state index contributed by atoms with van der Waals surface area (Å²) in [6.07, 6.45) is 2.32. The third-order valence-electron chi connectivity index (χ3n) is 6.38. The van der Waals surface area contributed by atoms with Gasteiger partial charge in [-0.1, -0.05) is 45.7 Å². The van der Waals surface area contributed by atoms with Crippen molar-refractivity contribution in [3.05, 3.63) is 0 Å². The maximum atomic E-state index is 11.8. The van der Waals surface area contributed by atoms with Gasteiger partial charge in [-0.05, 0) is 38.5 Å². The van der Waals surface area contributed by atoms with E-state index in [0.717, 1.165) is 6.42 Å². The maximum Gasteiger partial charge on any atom is 0.302 e. The molecule has 134 valence electrons. The van der Waals surface area contributed by atoms with Gasteiger partial charge in [-0.15, -0.1) is 11.6 Å². The van der Waals surface area contributed by atoms with E-state index in [4.69, 9.17) is 16.3 Å². The fraction of sp³-hybridized carbons (Fsp3) is 0.941. The summed E-state index contributed by atoms with van der Waals surface area (Å²) in [5.41, 5.74) is -1.75. The van der Waals surface area contributed by atoms with E-state index >= 15 is 0 Å². The van der Waals surface area contributed by atoms with E-state index in [2.05, 4.69) is 45.7 Å². The number of hydrogen-bond acceptors (Lipinski definition) is 3. The molecule has 0 aromatic rings. The molecule has 0 aromatic heterocycles. The van der Waals surface area contributed by atoms with Gasteiger partial charge in [0.1, 0.15) is 6.10 Å². The van der Waals surface area contributed by atoms with Crippen molar-refractivity contribution in [3.63, 3.8) is 0 Å². The third-order valence-corrected chi connectivity index (χ3v) is 9.99. The van der Waals surface area contributed by atoms with Gasteiger partial charge in [0.05, 0.1) is 10.5 Å². The lowest BCUT2D eigenvalue weighted by atomic mass is 9.45. The van der Waals surface area contributed by atoms with Crippen LogP contribution in [0.15, 0.2) is 0 Å². The SMILES string of the molecule is CC(=O)OC1CC(C)(Cl)C(Br)CC12C(C)(O)CCC(Br)C2(C)C. The molecule has 2 aliphatic carbocycles. The Morgan fingerprint density at radius 1 is 1.17 bits per heavy atom. The molecule has 6 unspecified atom stereocenters. The Labute approximate surface area is 161 Å². The van der Waals surface area contributed by atoms with E-state index in [9.17, 15) is 9.90 Å². The second-order valence-electron chi connectivity index (χ2n) is 8.23. The minimum atomic E-state index is -0.930. The molecule has 0 amide bonds. The van der Waals surface area contributed by atoms with Gasteiger partial charge in [0, 0.05) is 28.4 Å². The van der Waals surface area contributed by atoms with E-state index in [1.807, 2.05) is 13.8 Å². The van der Waals surface area contributed by atoms with Crippen molar-refractivity contribution >= 4 is 49.4 Å². The van der Waals surface area contributed by atoms with Crippen LogP contribution >= 0.6 is 43.5 Å². The van der Waals surface area contributed by atoms with Crippen LogP contribution in [0.5, 0.6) is 0 Å². The highest BCUT2D eigenvalue weighted by Crippen LogP contribution is 2.66. The Balaban J connectivity index is 2.61. The predicted octanol–water partition coefficient (Wildman–Crippen LogP) is 4.79. The topological polar surface area (TPSA) is 46.5 Å². The fourth-order valence-electron chi connectivity index (χ4n) is 4.84. The smallest absolute Gasteiger partial charge is 0.302 e. The molecule has 2 saturated carbocycles. The Bertz CT molecular complexity index is 492. The summed E-state index contributed by atoms with van der Waals surface area (Å²) in [5.74, 6) is -0.321. The van der Waals surface area contributed by atoms with E-state index in [1.54, 1.807) is 0 Å². The summed E-state index contributed by atoms with van der Waals surface area (Å²) in [4.78, 5) is 11.5. The van der Waals surface area contributed by atoms with Crippen molar-refractivity contribution in [2.24, 2.45) is 10.8 Å². The van der Waals surface area contributed by atoms with Crippen LogP contribution in [0.1, 0.15) is 60.3 Å². The Morgan fingerprint density at radius 3 is 2.26 bits per heavy atom. The number of carbonyl (C=O) groups is 1. The van der Waals surface area contributed by atoms with Crippen LogP contribution in [0.3, 0.4) is 0 Å². The number of rotatable bonds is 1. The molecule has 0 heterocycles. The zero-order valence-electron chi connectivity index (χ0n) is 14.5. The first-order chi connectivity index (χ1) is 10.3. The number of ether oxygens (including phenoxy) is 1. The predicted molar refractivity (Wildman–Crippen MR) is 101 cm³/mol. The molecule has 0 saturated heterocycles. The Morgan fingerprint density at radius 2 is 1.74 bits per heavy atom. The summed E-state index contributed by atoms with van der Waals surface area (Å²) < 4.78 is 5.76. The van der Waals surface area contributed by atoms with Crippen molar-refractivity contribution in [2.75, 3.05) is 0 Å². The second-order valence-corrected chi connectivity index (χ2v) is 11.3. The Kier molecular flexibility index (Phi) is 5.34. The standard InChI is InChI=1S/C17H27Br2ClO3/c1-10(21)23-13-9-15(4,20)12(19)8-17(13)14(2,3)11(18)6-7-16(17,5)22/h11-13,22H,6-9H2,1-5H3. The molecular weight excluding hydrogens is 447 g/mol. The lowest BCUT2D eigenvalue weighted by Gasteiger charge is -2.66. The molecule has 3 nitrogen and oxygen atoms in total. The largest absolute Gasteiger partial charge is 0.462 e. The summed E-state index contributed by atoms with van der Waals surface area (Å²) in [5, 5.41) is 11.4. The maximum absolute atomic E-state index is 11.8. The molecule has 0 aliphatic heterocycles. The molecule has 6 atom stereocenters. The summed E-state index contributed by atoms with van der Waals surface area (Å²) in [6.45, 7) is 9.60. The zero-order valence-corrected chi connectivity index (χ0v) is 18.4. The molecule has 2 fully saturated rings. The van der Waals surface area contributed by atoms with Crippen molar-refractivity contribution in [3.8, 4) is 0 Å². The van der Waals surface area contributed by atoms with Gasteiger partial charge in [0.25, 0.3) is 0 Å². The first-order valence-electron chi connectivity index (χ1n) is 8.14. The summed E-state index contributed by atoms with van der Waals surface area (Å²) in [6, 6.07) is 0. The third kappa shape index (κ3) is 3.02. The first-order valence-corrected chi connectivity index (χ1v) is 10.4. The van der Waals surface area contributed by atoms with E-state index in [1.165, 1.54) is 6.92 Å². The van der Waals surface area contributed by atoms with Crippen LogP contribution in [0.25, 0.3) is 0 Å². The molecule has 0 bridgehead atoms. The van der Waals surface area contributed by atoms with E-state index in [0.29, 0.717) is 19.3 Å². The molecule has 0 aromatic carbocycles. The van der Waals surface area contributed by atoms with Crippen LogP contribution < -0.4 is 0 Å². The van der Waals surface area contributed by atoms with Gasteiger partial charge in [0.15, 0.2) is 0 Å².